The van der Waals surface area contributed by atoms with Crippen molar-refractivity contribution in [3.05, 3.63) is 59.2 Å². The molecule has 2 aromatic rings. The third-order valence-corrected chi connectivity index (χ3v) is 6.44. The number of amides is 1. The standard InChI is InChI=1S/C26H35N3O3/c1-3-4-15-32-23-8-5-20(6-9-23)26(30)27-19-25(29-13-16-31-17-14-29)21-7-10-24-22(18-21)11-12-28(24)2/h5-10,18,25H,3-4,11-17,19H2,1-2H3,(H,27,30). The fourth-order valence-electron chi connectivity index (χ4n) is 4.47. The van der Waals surface area contributed by atoms with Gasteiger partial charge in [-0.25, -0.2) is 0 Å². The molecular weight excluding hydrogens is 402 g/mol. The molecule has 0 aromatic heterocycles. The second-order valence-electron chi connectivity index (χ2n) is 8.66. The van der Waals surface area contributed by atoms with Crippen LogP contribution in [0.25, 0.3) is 0 Å². The Morgan fingerprint density at radius 3 is 2.66 bits per heavy atom. The van der Waals surface area contributed by atoms with Crippen molar-refractivity contribution < 1.29 is 14.3 Å². The van der Waals surface area contributed by atoms with E-state index in [1.165, 1.54) is 16.8 Å². The van der Waals surface area contributed by atoms with Crippen molar-refractivity contribution in [2.24, 2.45) is 0 Å². The number of hydrogen-bond donors (Lipinski definition) is 1. The molecule has 0 spiro atoms. The summed E-state index contributed by atoms with van der Waals surface area (Å²) in [5, 5.41) is 3.17. The number of likely N-dealkylation sites (N-methyl/N-ethyl adjacent to an activating group) is 1. The van der Waals surface area contributed by atoms with Gasteiger partial charge in [-0.1, -0.05) is 25.5 Å². The van der Waals surface area contributed by atoms with Crippen LogP contribution in [0.15, 0.2) is 42.5 Å². The summed E-state index contributed by atoms with van der Waals surface area (Å²) in [5.41, 5.74) is 4.64. The first-order valence-corrected chi connectivity index (χ1v) is 11.8. The number of morpholine rings is 1. The number of carbonyl (C=O) groups is 1. The van der Waals surface area contributed by atoms with Gasteiger partial charge in [-0.2, -0.15) is 0 Å². The molecule has 2 aromatic carbocycles. The number of hydrogen-bond acceptors (Lipinski definition) is 5. The molecule has 32 heavy (non-hydrogen) atoms. The Morgan fingerprint density at radius 2 is 1.91 bits per heavy atom. The molecule has 2 aliphatic heterocycles. The van der Waals surface area contributed by atoms with Crippen LogP contribution in [-0.4, -0.2) is 63.9 Å². The van der Waals surface area contributed by atoms with Crippen molar-refractivity contribution >= 4 is 11.6 Å². The van der Waals surface area contributed by atoms with Crippen molar-refractivity contribution in [1.82, 2.24) is 10.2 Å². The molecule has 1 saturated heterocycles. The third-order valence-electron chi connectivity index (χ3n) is 6.44. The quantitative estimate of drug-likeness (QED) is 0.607. The van der Waals surface area contributed by atoms with Crippen LogP contribution in [0.1, 0.15) is 47.3 Å². The van der Waals surface area contributed by atoms with E-state index < -0.39 is 0 Å². The number of fused-ring (bicyclic) bond motifs is 1. The highest BCUT2D eigenvalue weighted by atomic mass is 16.5. The molecule has 1 amide bonds. The highest BCUT2D eigenvalue weighted by Crippen LogP contribution is 2.31. The fourth-order valence-corrected chi connectivity index (χ4v) is 4.47. The summed E-state index contributed by atoms with van der Waals surface area (Å²) in [4.78, 5) is 17.6. The maximum absolute atomic E-state index is 12.9. The van der Waals surface area contributed by atoms with E-state index in [1.807, 2.05) is 24.3 Å². The zero-order valence-corrected chi connectivity index (χ0v) is 19.3. The van der Waals surface area contributed by atoms with Gasteiger partial charge in [-0.3, -0.25) is 9.69 Å². The lowest BCUT2D eigenvalue weighted by molar-refractivity contribution is 0.0162. The Balaban J connectivity index is 1.43. The van der Waals surface area contributed by atoms with E-state index in [1.54, 1.807) is 0 Å². The summed E-state index contributed by atoms with van der Waals surface area (Å²) in [6.07, 6.45) is 3.21. The molecule has 2 heterocycles. The number of benzene rings is 2. The molecule has 6 nitrogen and oxygen atoms in total. The van der Waals surface area contributed by atoms with E-state index in [0.717, 1.165) is 57.9 Å². The fraction of sp³-hybridized carbons (Fsp3) is 0.500. The minimum absolute atomic E-state index is 0.0516. The summed E-state index contributed by atoms with van der Waals surface area (Å²) in [7, 11) is 2.14. The monoisotopic (exact) mass is 437 g/mol. The van der Waals surface area contributed by atoms with Crippen LogP contribution in [0.2, 0.25) is 0 Å². The zero-order chi connectivity index (χ0) is 22.3. The highest BCUT2D eigenvalue weighted by Gasteiger charge is 2.25. The number of ether oxygens (including phenoxy) is 2. The van der Waals surface area contributed by atoms with Crippen molar-refractivity contribution in [3.8, 4) is 5.75 Å². The van der Waals surface area contributed by atoms with Gasteiger partial charge in [0.1, 0.15) is 5.75 Å². The van der Waals surface area contributed by atoms with E-state index in [4.69, 9.17) is 9.47 Å². The topological polar surface area (TPSA) is 54.0 Å². The number of unbranched alkanes of at least 4 members (excludes halogenated alkanes) is 1. The third kappa shape index (κ3) is 5.43. The molecule has 0 bridgehead atoms. The highest BCUT2D eigenvalue weighted by molar-refractivity contribution is 5.94. The van der Waals surface area contributed by atoms with Crippen LogP contribution in [0.4, 0.5) is 5.69 Å². The molecule has 1 unspecified atom stereocenters. The van der Waals surface area contributed by atoms with Gasteiger partial charge in [0.2, 0.25) is 0 Å². The molecule has 0 radical (unpaired) electrons. The molecular formula is C26H35N3O3. The molecule has 1 N–H and O–H groups in total. The Hall–Kier alpha value is -2.57. The summed E-state index contributed by atoms with van der Waals surface area (Å²) in [6, 6.07) is 14.3. The van der Waals surface area contributed by atoms with Gasteiger partial charge in [0.05, 0.1) is 25.9 Å². The van der Waals surface area contributed by atoms with E-state index in [2.05, 4.69) is 47.3 Å². The second-order valence-corrected chi connectivity index (χ2v) is 8.66. The Labute approximate surface area is 191 Å². The van der Waals surface area contributed by atoms with Gasteiger partial charge >= 0.3 is 0 Å². The summed E-state index contributed by atoms with van der Waals surface area (Å²) >= 11 is 0. The average Bonchev–Trinajstić information content (AvgIpc) is 3.20. The van der Waals surface area contributed by atoms with E-state index in [0.29, 0.717) is 18.7 Å². The molecule has 1 atom stereocenters. The summed E-state index contributed by atoms with van der Waals surface area (Å²) in [5.74, 6) is 0.758. The van der Waals surface area contributed by atoms with E-state index in [9.17, 15) is 4.79 Å². The Kier molecular flexibility index (Phi) is 7.66. The predicted molar refractivity (Wildman–Crippen MR) is 128 cm³/mol. The van der Waals surface area contributed by atoms with Crippen LogP contribution in [0.3, 0.4) is 0 Å². The van der Waals surface area contributed by atoms with Crippen molar-refractivity contribution in [2.45, 2.75) is 32.2 Å². The first-order chi connectivity index (χ1) is 15.7. The summed E-state index contributed by atoms with van der Waals surface area (Å²) < 4.78 is 11.3. The van der Waals surface area contributed by atoms with Crippen LogP contribution >= 0.6 is 0 Å². The molecule has 4 rings (SSSR count). The van der Waals surface area contributed by atoms with Crippen LogP contribution in [-0.2, 0) is 11.2 Å². The van der Waals surface area contributed by atoms with Gasteiger partial charge in [-0.15, -0.1) is 0 Å². The molecule has 6 heteroatoms. The maximum atomic E-state index is 12.9. The van der Waals surface area contributed by atoms with Gasteiger partial charge < -0.3 is 19.7 Å². The predicted octanol–water partition coefficient (Wildman–Crippen LogP) is 3.66. The SMILES string of the molecule is CCCCOc1ccc(C(=O)NCC(c2ccc3c(c2)CCN3C)N2CCOCC2)cc1. The normalized spacial score (nSPS) is 17.1. The largest absolute Gasteiger partial charge is 0.494 e. The van der Waals surface area contributed by atoms with Gasteiger partial charge in [0.25, 0.3) is 5.91 Å². The molecule has 172 valence electrons. The second kappa shape index (κ2) is 10.8. The molecule has 0 saturated carbocycles. The van der Waals surface area contributed by atoms with Crippen LogP contribution in [0, 0.1) is 0 Å². The lowest BCUT2D eigenvalue weighted by Crippen LogP contribution is -2.43. The van der Waals surface area contributed by atoms with E-state index in [-0.39, 0.29) is 11.9 Å². The Morgan fingerprint density at radius 1 is 1.12 bits per heavy atom. The zero-order valence-electron chi connectivity index (χ0n) is 19.3. The maximum Gasteiger partial charge on any atom is 0.251 e. The lowest BCUT2D eigenvalue weighted by Gasteiger charge is -2.35. The number of carbonyl (C=O) groups excluding carboxylic acids is 1. The van der Waals surface area contributed by atoms with Crippen molar-refractivity contribution in [3.63, 3.8) is 0 Å². The van der Waals surface area contributed by atoms with Gasteiger partial charge in [0.15, 0.2) is 0 Å². The first kappa shape index (κ1) is 22.6. The minimum atomic E-state index is -0.0516. The first-order valence-electron chi connectivity index (χ1n) is 11.8. The average molecular weight is 438 g/mol. The minimum Gasteiger partial charge on any atom is -0.494 e. The van der Waals surface area contributed by atoms with Gasteiger partial charge in [0, 0.05) is 44.5 Å². The van der Waals surface area contributed by atoms with Crippen LogP contribution in [0.5, 0.6) is 5.75 Å². The number of nitrogens with zero attached hydrogens (tertiary/aromatic N) is 2. The van der Waals surface area contributed by atoms with Crippen LogP contribution < -0.4 is 15.0 Å². The number of anilines is 1. The smallest absolute Gasteiger partial charge is 0.251 e. The Bertz CT molecular complexity index is 894. The summed E-state index contributed by atoms with van der Waals surface area (Å²) in [6.45, 7) is 7.71. The number of nitrogens with one attached hydrogen (secondary N) is 1. The molecule has 2 aliphatic rings. The number of rotatable bonds is 9. The van der Waals surface area contributed by atoms with Gasteiger partial charge in [-0.05, 0) is 54.3 Å². The lowest BCUT2D eigenvalue weighted by atomic mass is 10.00. The van der Waals surface area contributed by atoms with Crippen molar-refractivity contribution in [2.75, 3.05) is 57.9 Å². The van der Waals surface area contributed by atoms with Crippen molar-refractivity contribution in [1.29, 1.82) is 0 Å². The van der Waals surface area contributed by atoms with E-state index >= 15 is 0 Å². The molecule has 0 aliphatic carbocycles. The molecule has 1 fully saturated rings.